The van der Waals surface area contributed by atoms with E-state index in [-0.39, 0.29) is 11.5 Å². The number of alkyl halides is 3. The summed E-state index contributed by atoms with van der Waals surface area (Å²) in [6.07, 6.45) is -2.13. The summed E-state index contributed by atoms with van der Waals surface area (Å²) in [5.41, 5.74) is 0.418. The van der Waals surface area contributed by atoms with Crippen LogP contribution in [0.3, 0.4) is 0 Å². The third-order valence-electron chi connectivity index (χ3n) is 5.60. The quantitative estimate of drug-likeness (QED) is 0.574. The van der Waals surface area contributed by atoms with Crippen LogP contribution in [0.15, 0.2) is 48.5 Å². The molecule has 30 heavy (non-hydrogen) atoms. The predicted octanol–water partition coefficient (Wildman–Crippen LogP) is 5.73. The van der Waals surface area contributed by atoms with Crippen molar-refractivity contribution in [2.45, 2.75) is 32.5 Å². The molecule has 2 aromatic carbocycles. The molecule has 3 rings (SSSR count). The van der Waals surface area contributed by atoms with E-state index in [0.29, 0.717) is 18.1 Å². The van der Waals surface area contributed by atoms with Gasteiger partial charge in [-0.3, -0.25) is 4.79 Å². The van der Waals surface area contributed by atoms with Gasteiger partial charge in [0.2, 0.25) is 0 Å². The summed E-state index contributed by atoms with van der Waals surface area (Å²) in [5, 5.41) is 0.613. The minimum atomic E-state index is -4.42. The fourth-order valence-electron chi connectivity index (χ4n) is 3.59. The summed E-state index contributed by atoms with van der Waals surface area (Å²) < 4.78 is 38.5. The second-order valence-corrected chi connectivity index (χ2v) is 8.39. The van der Waals surface area contributed by atoms with Gasteiger partial charge in [-0.25, -0.2) is 0 Å². The van der Waals surface area contributed by atoms with Crippen molar-refractivity contribution in [1.29, 1.82) is 0 Å². The van der Waals surface area contributed by atoms with Crippen molar-refractivity contribution in [2.75, 3.05) is 26.2 Å². The van der Waals surface area contributed by atoms with Crippen LogP contribution >= 0.6 is 11.6 Å². The Balaban J connectivity index is 1.73. The van der Waals surface area contributed by atoms with Gasteiger partial charge in [0, 0.05) is 30.2 Å². The Morgan fingerprint density at radius 2 is 1.67 bits per heavy atom. The van der Waals surface area contributed by atoms with Gasteiger partial charge in [-0.05, 0) is 73.8 Å². The number of carbonyl (C=O) groups is 1. The number of amides is 1. The number of hydrogen-bond acceptors (Lipinski definition) is 2. The second-order valence-electron chi connectivity index (χ2n) is 7.95. The number of rotatable bonds is 6. The molecule has 2 aromatic rings. The molecule has 0 saturated carbocycles. The maximum absolute atomic E-state index is 13.1. The van der Waals surface area contributed by atoms with Crippen molar-refractivity contribution in [2.24, 2.45) is 5.92 Å². The number of piperidine rings is 1. The molecular weight excluding hydrogens is 413 g/mol. The fraction of sp³-hybridized carbons (Fsp3) is 0.435. The Bertz CT molecular complexity index is 829. The zero-order valence-corrected chi connectivity index (χ0v) is 17.7. The molecule has 0 atom stereocenters. The molecule has 7 heteroatoms. The van der Waals surface area contributed by atoms with E-state index in [0.717, 1.165) is 56.1 Å². The van der Waals surface area contributed by atoms with Gasteiger partial charge < -0.3 is 9.80 Å². The van der Waals surface area contributed by atoms with Crippen LogP contribution in [-0.2, 0) is 12.7 Å². The monoisotopic (exact) mass is 438 g/mol. The van der Waals surface area contributed by atoms with Crippen LogP contribution in [0.25, 0.3) is 0 Å². The van der Waals surface area contributed by atoms with Crippen molar-refractivity contribution in [3.8, 4) is 0 Å². The van der Waals surface area contributed by atoms with E-state index in [4.69, 9.17) is 11.6 Å². The van der Waals surface area contributed by atoms with Gasteiger partial charge in [0.25, 0.3) is 5.91 Å². The van der Waals surface area contributed by atoms with E-state index in [1.165, 1.54) is 12.1 Å². The van der Waals surface area contributed by atoms with Crippen LogP contribution < -0.4 is 0 Å². The largest absolute Gasteiger partial charge is 0.416 e. The average Bonchev–Trinajstić information content (AvgIpc) is 2.72. The van der Waals surface area contributed by atoms with Crippen LogP contribution in [0.5, 0.6) is 0 Å². The molecule has 1 saturated heterocycles. The van der Waals surface area contributed by atoms with Crippen molar-refractivity contribution in [1.82, 2.24) is 9.80 Å². The van der Waals surface area contributed by atoms with Crippen LogP contribution in [0.4, 0.5) is 13.2 Å². The summed E-state index contributed by atoms with van der Waals surface area (Å²) in [6.45, 7) is 5.89. The van der Waals surface area contributed by atoms with E-state index in [1.54, 1.807) is 17.0 Å². The molecule has 0 radical (unpaired) electrons. The van der Waals surface area contributed by atoms with Gasteiger partial charge in [-0.1, -0.05) is 30.7 Å². The van der Waals surface area contributed by atoms with Crippen molar-refractivity contribution in [3.63, 3.8) is 0 Å². The highest BCUT2D eigenvalue weighted by Gasteiger charge is 2.30. The van der Waals surface area contributed by atoms with E-state index in [2.05, 4.69) is 11.8 Å². The molecule has 3 nitrogen and oxygen atoms in total. The van der Waals surface area contributed by atoms with E-state index in [1.807, 2.05) is 12.1 Å². The van der Waals surface area contributed by atoms with Crippen LogP contribution in [0, 0.1) is 5.92 Å². The van der Waals surface area contributed by atoms with Crippen molar-refractivity contribution in [3.05, 3.63) is 70.2 Å². The molecule has 0 unspecified atom stereocenters. The Morgan fingerprint density at radius 1 is 1.07 bits per heavy atom. The number of carbonyl (C=O) groups excluding carboxylic acids is 1. The molecule has 0 spiro atoms. The molecule has 1 aliphatic heterocycles. The molecule has 0 aliphatic carbocycles. The molecule has 1 aliphatic rings. The lowest BCUT2D eigenvalue weighted by Crippen LogP contribution is -2.41. The lowest BCUT2D eigenvalue weighted by atomic mass is 9.99. The Morgan fingerprint density at radius 3 is 2.23 bits per heavy atom. The number of likely N-dealkylation sites (tertiary alicyclic amines) is 1. The lowest BCUT2D eigenvalue weighted by Gasteiger charge is -2.32. The topological polar surface area (TPSA) is 23.6 Å². The minimum absolute atomic E-state index is 0.254. The normalized spacial score (nSPS) is 15.9. The molecule has 0 bridgehead atoms. The lowest BCUT2D eigenvalue weighted by molar-refractivity contribution is -0.137. The summed E-state index contributed by atoms with van der Waals surface area (Å²) in [7, 11) is 0. The zero-order valence-electron chi connectivity index (χ0n) is 17.0. The van der Waals surface area contributed by atoms with Crippen LogP contribution in [0.2, 0.25) is 5.02 Å². The number of hydrogen-bond donors (Lipinski definition) is 0. The number of nitrogens with zero attached hydrogens (tertiary/aromatic N) is 2. The first-order valence-electron chi connectivity index (χ1n) is 10.2. The highest BCUT2D eigenvalue weighted by atomic mass is 35.5. The number of halogens is 4. The first kappa shape index (κ1) is 22.6. The smallest absolute Gasteiger partial charge is 0.333 e. The second kappa shape index (κ2) is 9.84. The molecule has 1 amide bonds. The van der Waals surface area contributed by atoms with Crippen LogP contribution in [0.1, 0.15) is 41.3 Å². The third kappa shape index (κ3) is 6.22. The molecule has 162 valence electrons. The van der Waals surface area contributed by atoms with Crippen molar-refractivity contribution < 1.29 is 18.0 Å². The van der Waals surface area contributed by atoms with Gasteiger partial charge in [0.05, 0.1) is 5.56 Å². The van der Waals surface area contributed by atoms with E-state index >= 15 is 0 Å². The van der Waals surface area contributed by atoms with Gasteiger partial charge in [0.1, 0.15) is 0 Å². The predicted molar refractivity (Wildman–Crippen MR) is 112 cm³/mol. The van der Waals surface area contributed by atoms with Crippen molar-refractivity contribution >= 4 is 17.5 Å². The third-order valence-corrected chi connectivity index (χ3v) is 5.85. The van der Waals surface area contributed by atoms with Gasteiger partial charge in [-0.15, -0.1) is 0 Å². The zero-order chi connectivity index (χ0) is 21.7. The maximum atomic E-state index is 13.1. The first-order chi connectivity index (χ1) is 14.2. The van der Waals surface area contributed by atoms with E-state index in [9.17, 15) is 18.0 Å². The molecule has 0 N–H and O–H groups in total. The van der Waals surface area contributed by atoms with E-state index < -0.39 is 11.7 Å². The first-order valence-corrected chi connectivity index (χ1v) is 10.5. The molecule has 1 heterocycles. The van der Waals surface area contributed by atoms with Gasteiger partial charge >= 0.3 is 6.18 Å². The maximum Gasteiger partial charge on any atom is 0.416 e. The summed E-state index contributed by atoms with van der Waals surface area (Å²) >= 11 is 5.95. The van der Waals surface area contributed by atoms with Crippen LogP contribution in [-0.4, -0.2) is 41.9 Å². The Kier molecular flexibility index (Phi) is 7.42. The summed E-state index contributed by atoms with van der Waals surface area (Å²) in [6, 6.07) is 11.7. The highest BCUT2D eigenvalue weighted by molar-refractivity contribution is 6.30. The molecule has 1 fully saturated rings. The van der Waals surface area contributed by atoms with Gasteiger partial charge in [0.15, 0.2) is 0 Å². The summed E-state index contributed by atoms with van der Waals surface area (Å²) in [5.74, 6) is 0.448. The molecule has 0 aromatic heterocycles. The molecular formula is C23H26ClF3N2O. The minimum Gasteiger partial charge on any atom is -0.333 e. The summed E-state index contributed by atoms with van der Waals surface area (Å²) in [4.78, 5) is 17.1. The Labute approximate surface area is 180 Å². The SMILES string of the molecule is CC1CCN(CCN(Cc2ccc(Cl)cc2)C(=O)c2ccc(C(F)(F)F)cc2)CC1. The fourth-order valence-corrected chi connectivity index (χ4v) is 3.72. The highest BCUT2D eigenvalue weighted by Crippen LogP contribution is 2.29. The Hall–Kier alpha value is -2.05. The standard InChI is InChI=1S/C23H26ClF3N2O/c1-17-10-12-28(13-11-17)14-15-29(16-18-2-8-21(24)9-3-18)22(30)19-4-6-20(7-5-19)23(25,26)27/h2-9,17H,10-16H2,1H3. The number of benzene rings is 2. The van der Waals surface area contributed by atoms with Gasteiger partial charge in [-0.2, -0.15) is 13.2 Å². The average molecular weight is 439 g/mol.